The van der Waals surface area contributed by atoms with Gasteiger partial charge in [-0.2, -0.15) is 0 Å². The minimum absolute atomic E-state index is 0.143. The standard InChI is InChI=1S/C24H26N2O5/c1-15-8-11-21(16(2)14-15)31-13-5-12-25-23(28)19-10-9-17-18(22(19)27)6-4-7-20(17)26-24(29)30-3/h4,6-11,14,27H,5,12-13H2,1-3H3,(H,25,28)(H,26,29). The van der Waals surface area contributed by atoms with Crippen LogP contribution in [0.25, 0.3) is 10.8 Å². The van der Waals surface area contributed by atoms with Crippen LogP contribution in [0.1, 0.15) is 27.9 Å². The van der Waals surface area contributed by atoms with E-state index in [1.807, 2.05) is 26.0 Å². The summed E-state index contributed by atoms with van der Waals surface area (Å²) in [5, 5.41) is 17.1. The fraction of sp³-hybridized carbons (Fsp3) is 0.250. The van der Waals surface area contributed by atoms with E-state index in [0.717, 1.165) is 11.3 Å². The summed E-state index contributed by atoms with van der Waals surface area (Å²) in [4.78, 5) is 24.1. The van der Waals surface area contributed by atoms with Gasteiger partial charge in [-0.15, -0.1) is 0 Å². The Hall–Kier alpha value is -3.74. The molecule has 0 aliphatic carbocycles. The molecule has 0 aromatic heterocycles. The molecular formula is C24H26N2O5. The fourth-order valence-corrected chi connectivity index (χ4v) is 3.31. The van der Waals surface area contributed by atoms with Crippen LogP contribution in [0, 0.1) is 13.8 Å². The number of benzene rings is 3. The molecule has 2 amide bonds. The van der Waals surface area contributed by atoms with Crippen molar-refractivity contribution in [3.8, 4) is 11.5 Å². The highest BCUT2D eigenvalue weighted by Gasteiger charge is 2.15. The van der Waals surface area contributed by atoms with Crippen LogP contribution in [0.3, 0.4) is 0 Å². The second kappa shape index (κ2) is 9.84. The van der Waals surface area contributed by atoms with Crippen LogP contribution in [-0.4, -0.2) is 37.4 Å². The molecule has 0 atom stereocenters. The van der Waals surface area contributed by atoms with Gasteiger partial charge in [-0.05, 0) is 44.0 Å². The summed E-state index contributed by atoms with van der Waals surface area (Å²) in [6, 6.07) is 14.3. The minimum Gasteiger partial charge on any atom is -0.506 e. The number of carbonyl (C=O) groups is 2. The fourth-order valence-electron chi connectivity index (χ4n) is 3.31. The second-order valence-corrected chi connectivity index (χ2v) is 7.21. The van der Waals surface area contributed by atoms with Crippen molar-refractivity contribution in [2.75, 3.05) is 25.6 Å². The van der Waals surface area contributed by atoms with Crippen LogP contribution in [0.5, 0.6) is 11.5 Å². The van der Waals surface area contributed by atoms with E-state index in [9.17, 15) is 14.7 Å². The van der Waals surface area contributed by atoms with Gasteiger partial charge in [0.25, 0.3) is 5.91 Å². The van der Waals surface area contributed by atoms with Crippen molar-refractivity contribution in [1.29, 1.82) is 0 Å². The number of phenols is 1. The molecule has 0 unspecified atom stereocenters. The van der Waals surface area contributed by atoms with Gasteiger partial charge in [0.1, 0.15) is 11.5 Å². The van der Waals surface area contributed by atoms with Crippen LogP contribution >= 0.6 is 0 Å². The molecule has 162 valence electrons. The molecule has 0 bridgehead atoms. The molecule has 3 rings (SSSR count). The monoisotopic (exact) mass is 422 g/mol. The number of hydrogen-bond acceptors (Lipinski definition) is 5. The first kappa shape index (κ1) is 22.0. The first-order chi connectivity index (χ1) is 14.9. The summed E-state index contributed by atoms with van der Waals surface area (Å²) < 4.78 is 10.4. The van der Waals surface area contributed by atoms with Gasteiger partial charge in [-0.25, -0.2) is 4.79 Å². The number of rotatable bonds is 7. The predicted molar refractivity (Wildman–Crippen MR) is 120 cm³/mol. The zero-order valence-electron chi connectivity index (χ0n) is 17.8. The minimum atomic E-state index is -0.614. The van der Waals surface area contributed by atoms with Crippen molar-refractivity contribution in [3.05, 3.63) is 65.2 Å². The Labute approximate surface area is 181 Å². The van der Waals surface area contributed by atoms with Gasteiger partial charge in [-0.1, -0.05) is 35.9 Å². The topological polar surface area (TPSA) is 96.9 Å². The number of methoxy groups -OCH3 is 1. The lowest BCUT2D eigenvalue weighted by atomic mass is 10.0. The zero-order valence-corrected chi connectivity index (χ0v) is 17.8. The predicted octanol–water partition coefficient (Wildman–Crippen LogP) is 4.54. The molecule has 0 saturated carbocycles. The van der Waals surface area contributed by atoms with Gasteiger partial charge in [0.05, 0.1) is 25.0 Å². The number of hydrogen-bond donors (Lipinski definition) is 3. The highest BCUT2D eigenvalue weighted by molar-refractivity contribution is 6.08. The molecule has 31 heavy (non-hydrogen) atoms. The molecule has 0 aliphatic heterocycles. The first-order valence-electron chi connectivity index (χ1n) is 9.98. The average Bonchev–Trinajstić information content (AvgIpc) is 2.75. The second-order valence-electron chi connectivity index (χ2n) is 7.21. The Bertz CT molecular complexity index is 1110. The highest BCUT2D eigenvalue weighted by atomic mass is 16.5. The molecule has 0 saturated heterocycles. The molecule has 0 heterocycles. The molecule has 3 aromatic carbocycles. The van der Waals surface area contributed by atoms with Gasteiger partial charge in [0, 0.05) is 17.3 Å². The molecule has 3 N–H and O–H groups in total. The zero-order chi connectivity index (χ0) is 22.4. The Morgan fingerprint density at radius 2 is 1.84 bits per heavy atom. The van der Waals surface area contributed by atoms with Crippen molar-refractivity contribution in [1.82, 2.24) is 5.32 Å². The van der Waals surface area contributed by atoms with E-state index in [2.05, 4.69) is 21.4 Å². The maximum Gasteiger partial charge on any atom is 0.411 e. The molecule has 0 fully saturated rings. The molecule has 3 aromatic rings. The lowest BCUT2D eigenvalue weighted by molar-refractivity contribution is 0.0949. The molecule has 0 aliphatic rings. The number of anilines is 1. The number of aryl methyl sites for hydroxylation is 2. The van der Waals surface area contributed by atoms with Gasteiger partial charge < -0.3 is 19.9 Å². The van der Waals surface area contributed by atoms with Crippen molar-refractivity contribution < 1.29 is 24.2 Å². The Kier molecular flexibility index (Phi) is 6.97. The van der Waals surface area contributed by atoms with E-state index in [1.165, 1.54) is 18.7 Å². The lowest BCUT2D eigenvalue weighted by Crippen LogP contribution is -2.25. The van der Waals surface area contributed by atoms with Crippen LogP contribution < -0.4 is 15.4 Å². The smallest absolute Gasteiger partial charge is 0.411 e. The number of fused-ring (bicyclic) bond motifs is 1. The Morgan fingerprint density at radius 1 is 1.03 bits per heavy atom. The van der Waals surface area contributed by atoms with Crippen LogP contribution in [0.15, 0.2) is 48.5 Å². The maximum absolute atomic E-state index is 12.5. The first-order valence-corrected chi connectivity index (χ1v) is 9.98. The maximum atomic E-state index is 12.5. The van der Waals surface area contributed by atoms with Crippen molar-refractivity contribution in [2.45, 2.75) is 20.3 Å². The normalized spacial score (nSPS) is 10.5. The third-order valence-corrected chi connectivity index (χ3v) is 4.89. The number of nitrogens with one attached hydrogen (secondary N) is 2. The lowest BCUT2D eigenvalue weighted by Gasteiger charge is -2.12. The number of ether oxygens (including phenoxy) is 2. The quantitative estimate of drug-likeness (QED) is 0.486. The van der Waals surface area contributed by atoms with Crippen molar-refractivity contribution in [2.24, 2.45) is 0 Å². The summed E-state index contributed by atoms with van der Waals surface area (Å²) >= 11 is 0. The van der Waals surface area contributed by atoms with Crippen molar-refractivity contribution in [3.63, 3.8) is 0 Å². The largest absolute Gasteiger partial charge is 0.506 e. The number of phenolic OH excluding ortho intramolecular Hbond substituents is 1. The molecule has 7 nitrogen and oxygen atoms in total. The third kappa shape index (κ3) is 5.25. The van der Waals surface area contributed by atoms with Crippen LogP contribution in [0.4, 0.5) is 10.5 Å². The van der Waals surface area contributed by atoms with E-state index in [-0.39, 0.29) is 17.2 Å². The summed E-state index contributed by atoms with van der Waals surface area (Å²) in [5.41, 5.74) is 2.90. The molecule has 7 heteroatoms. The number of amides is 2. The SMILES string of the molecule is COC(=O)Nc1cccc2c(O)c(C(=O)NCCCOc3ccc(C)cc3C)ccc12. The summed E-state index contributed by atoms with van der Waals surface area (Å²) in [5.74, 6) is 0.313. The molecule has 0 radical (unpaired) electrons. The van der Waals surface area contributed by atoms with E-state index >= 15 is 0 Å². The van der Waals surface area contributed by atoms with E-state index < -0.39 is 6.09 Å². The van der Waals surface area contributed by atoms with Gasteiger partial charge in [0.2, 0.25) is 0 Å². The van der Waals surface area contributed by atoms with Gasteiger partial charge in [-0.3, -0.25) is 10.1 Å². The van der Waals surface area contributed by atoms with Crippen LogP contribution in [-0.2, 0) is 4.74 Å². The van der Waals surface area contributed by atoms with Crippen molar-refractivity contribution >= 4 is 28.5 Å². The summed E-state index contributed by atoms with van der Waals surface area (Å²) in [7, 11) is 1.27. The van der Waals surface area contributed by atoms with E-state index in [1.54, 1.807) is 24.3 Å². The van der Waals surface area contributed by atoms with E-state index in [0.29, 0.717) is 36.0 Å². The van der Waals surface area contributed by atoms with Gasteiger partial charge >= 0.3 is 6.09 Å². The average molecular weight is 422 g/mol. The third-order valence-electron chi connectivity index (χ3n) is 4.89. The summed E-state index contributed by atoms with van der Waals surface area (Å²) in [6.45, 7) is 4.91. The number of aromatic hydroxyl groups is 1. The Balaban J connectivity index is 1.60. The Morgan fingerprint density at radius 3 is 2.58 bits per heavy atom. The van der Waals surface area contributed by atoms with E-state index in [4.69, 9.17) is 4.74 Å². The molecular weight excluding hydrogens is 396 g/mol. The number of carbonyl (C=O) groups excluding carboxylic acids is 2. The molecule has 0 spiro atoms. The van der Waals surface area contributed by atoms with Gasteiger partial charge in [0.15, 0.2) is 0 Å². The summed E-state index contributed by atoms with van der Waals surface area (Å²) in [6.07, 6.45) is 0.0116. The highest BCUT2D eigenvalue weighted by Crippen LogP contribution is 2.33. The van der Waals surface area contributed by atoms with Crippen LogP contribution in [0.2, 0.25) is 0 Å².